The van der Waals surface area contributed by atoms with Crippen LogP contribution in [0.5, 0.6) is 0 Å². The number of benzene rings is 1. The number of imide groups is 1. The van der Waals surface area contributed by atoms with Crippen LogP contribution < -0.4 is 16.6 Å². The Morgan fingerprint density at radius 3 is 2.33 bits per heavy atom. The van der Waals surface area contributed by atoms with E-state index < -0.39 is 34.9 Å². The Balaban J connectivity index is 2.31. The van der Waals surface area contributed by atoms with E-state index in [1.807, 2.05) is 5.32 Å². The van der Waals surface area contributed by atoms with Gasteiger partial charge in [0.05, 0.1) is 22.4 Å². The second-order valence-corrected chi connectivity index (χ2v) is 6.22. The molecule has 1 aromatic carbocycles. The summed E-state index contributed by atoms with van der Waals surface area (Å²) in [5.74, 6) is -1.97. The molecule has 0 saturated carbocycles. The molecule has 3 rings (SSSR count). The number of hydrogen-bond acceptors (Lipinski definition) is 4. The lowest BCUT2D eigenvalue weighted by atomic mass is 10.1. The topological polar surface area (TPSA) is 94.2 Å². The number of nitrogens with one attached hydrogen (secondary N) is 1. The number of carbonyl (C=O) groups excluding carboxylic acids is 2. The first-order valence-corrected chi connectivity index (χ1v) is 7.47. The Bertz CT molecular complexity index is 966. The number of carbonyl (C=O) groups is 2. The molecule has 0 spiro atoms. The third-order valence-corrected chi connectivity index (χ3v) is 4.04. The molecule has 1 aromatic heterocycles. The molecule has 0 atom stereocenters. The maximum Gasteiger partial charge on any atom is 0.416 e. The lowest BCUT2D eigenvalue weighted by Crippen LogP contribution is -2.24. The molecule has 0 fully saturated rings. The van der Waals surface area contributed by atoms with Crippen molar-refractivity contribution < 1.29 is 22.8 Å². The summed E-state index contributed by atoms with van der Waals surface area (Å²) in [5.41, 5.74) is 3.45. The van der Waals surface area contributed by atoms with Gasteiger partial charge in [0.1, 0.15) is 5.82 Å². The van der Waals surface area contributed by atoms with Gasteiger partial charge in [-0.15, -0.1) is 0 Å². The molecule has 10 heteroatoms. The number of fused-ring (bicyclic) bond motifs is 1. The van der Waals surface area contributed by atoms with Crippen LogP contribution in [0.1, 0.15) is 26.3 Å². The maximum atomic E-state index is 13.0. The van der Waals surface area contributed by atoms with Crippen LogP contribution in [0.3, 0.4) is 0 Å². The van der Waals surface area contributed by atoms with Crippen LogP contribution in [0.25, 0.3) is 5.69 Å². The minimum atomic E-state index is -4.61. The Morgan fingerprint density at radius 2 is 1.71 bits per heavy atom. The standard InChI is InChI=1S/C14H7F3IN3O3/c15-14(16,17)5-1-6(18)3-7(2-5)21-9(22)4-8-10(11(21)19)13(24)20-12(8)23/h1-4H,19H2,(H,20,23,24). The molecule has 24 heavy (non-hydrogen) atoms. The van der Waals surface area contributed by atoms with Gasteiger partial charge in [-0.3, -0.25) is 24.3 Å². The average Bonchev–Trinajstić information content (AvgIpc) is 2.72. The number of amides is 2. The quantitative estimate of drug-likeness (QED) is 0.514. The van der Waals surface area contributed by atoms with Gasteiger partial charge >= 0.3 is 6.18 Å². The van der Waals surface area contributed by atoms with Gasteiger partial charge in [-0.1, -0.05) is 0 Å². The van der Waals surface area contributed by atoms with Crippen LogP contribution in [-0.2, 0) is 6.18 Å². The predicted octanol–water partition coefficient (Wildman–Crippen LogP) is 1.93. The smallest absolute Gasteiger partial charge is 0.384 e. The third kappa shape index (κ3) is 2.56. The summed E-state index contributed by atoms with van der Waals surface area (Å²) >= 11 is 1.68. The van der Waals surface area contributed by atoms with Crippen molar-refractivity contribution in [3.05, 3.63) is 54.9 Å². The van der Waals surface area contributed by atoms with Crippen molar-refractivity contribution in [1.29, 1.82) is 0 Å². The fourth-order valence-corrected chi connectivity index (χ4v) is 3.07. The molecule has 2 heterocycles. The molecular formula is C14H7F3IN3O3. The van der Waals surface area contributed by atoms with E-state index >= 15 is 0 Å². The van der Waals surface area contributed by atoms with Crippen molar-refractivity contribution in [2.75, 3.05) is 5.73 Å². The number of hydrogen-bond donors (Lipinski definition) is 2. The molecule has 1 aliphatic rings. The van der Waals surface area contributed by atoms with E-state index in [0.717, 1.165) is 22.8 Å². The molecular weight excluding hydrogens is 442 g/mol. The number of pyridine rings is 1. The lowest BCUT2D eigenvalue weighted by Gasteiger charge is -2.15. The molecule has 0 radical (unpaired) electrons. The zero-order valence-electron chi connectivity index (χ0n) is 11.6. The number of anilines is 1. The molecule has 0 unspecified atom stereocenters. The van der Waals surface area contributed by atoms with Gasteiger partial charge in [-0.05, 0) is 40.8 Å². The number of nitrogens with zero attached hydrogens (tertiary/aromatic N) is 1. The van der Waals surface area contributed by atoms with Gasteiger partial charge in [0.2, 0.25) is 0 Å². The number of alkyl halides is 3. The highest BCUT2D eigenvalue weighted by Gasteiger charge is 2.34. The SMILES string of the molecule is Nc1c2c(cc(=O)n1-c1cc(I)cc(C(F)(F)F)c1)C(=O)NC2=O. The minimum Gasteiger partial charge on any atom is -0.384 e. The first-order chi connectivity index (χ1) is 11.1. The van der Waals surface area contributed by atoms with E-state index in [1.165, 1.54) is 6.07 Å². The molecule has 3 N–H and O–H groups in total. The summed E-state index contributed by atoms with van der Waals surface area (Å²) < 4.78 is 39.9. The number of nitrogen functional groups attached to an aromatic ring is 1. The normalized spacial score (nSPS) is 13.8. The van der Waals surface area contributed by atoms with Gasteiger partial charge < -0.3 is 5.73 Å². The van der Waals surface area contributed by atoms with E-state index in [-0.39, 0.29) is 20.4 Å². The molecule has 0 bridgehead atoms. The van der Waals surface area contributed by atoms with Gasteiger partial charge in [-0.2, -0.15) is 13.2 Å². The van der Waals surface area contributed by atoms with Crippen LogP contribution in [0.15, 0.2) is 29.1 Å². The number of aromatic nitrogens is 1. The van der Waals surface area contributed by atoms with Crippen molar-refractivity contribution in [1.82, 2.24) is 9.88 Å². The highest BCUT2D eigenvalue weighted by atomic mass is 127. The van der Waals surface area contributed by atoms with Gasteiger partial charge in [0.15, 0.2) is 0 Å². The largest absolute Gasteiger partial charge is 0.416 e. The van der Waals surface area contributed by atoms with Crippen molar-refractivity contribution >= 4 is 40.2 Å². The summed E-state index contributed by atoms with van der Waals surface area (Å²) in [5, 5.41) is 1.98. The van der Waals surface area contributed by atoms with Crippen LogP contribution >= 0.6 is 22.6 Å². The average molecular weight is 449 g/mol. The van der Waals surface area contributed by atoms with Crippen molar-refractivity contribution in [2.45, 2.75) is 6.18 Å². The number of rotatable bonds is 1. The zero-order chi connectivity index (χ0) is 17.8. The van der Waals surface area contributed by atoms with E-state index in [0.29, 0.717) is 0 Å². The Labute approximate surface area is 145 Å². The molecule has 2 aromatic rings. The second-order valence-electron chi connectivity index (χ2n) is 4.97. The van der Waals surface area contributed by atoms with Gasteiger partial charge in [0.25, 0.3) is 17.4 Å². The maximum absolute atomic E-state index is 13.0. The number of nitrogens with two attached hydrogens (primary N) is 1. The molecule has 1 aliphatic heterocycles. The minimum absolute atomic E-state index is 0.147. The fourth-order valence-electron chi connectivity index (χ4n) is 2.41. The summed E-state index contributed by atoms with van der Waals surface area (Å²) in [6, 6.07) is 3.85. The van der Waals surface area contributed by atoms with Gasteiger partial charge in [0, 0.05) is 9.64 Å². The molecule has 2 amide bonds. The fraction of sp³-hybridized carbons (Fsp3) is 0.0714. The van der Waals surface area contributed by atoms with Crippen molar-refractivity contribution in [2.24, 2.45) is 0 Å². The van der Waals surface area contributed by atoms with Crippen LogP contribution in [0, 0.1) is 3.57 Å². The second kappa shape index (κ2) is 5.33. The van der Waals surface area contributed by atoms with Crippen molar-refractivity contribution in [3.8, 4) is 5.69 Å². The lowest BCUT2D eigenvalue weighted by molar-refractivity contribution is -0.137. The molecule has 0 aliphatic carbocycles. The zero-order valence-corrected chi connectivity index (χ0v) is 13.7. The summed E-state index contributed by atoms with van der Waals surface area (Å²) in [6.07, 6.45) is -4.61. The first kappa shape index (κ1) is 16.5. The van der Waals surface area contributed by atoms with E-state index in [4.69, 9.17) is 5.73 Å². The summed E-state index contributed by atoms with van der Waals surface area (Å²) in [4.78, 5) is 35.6. The van der Waals surface area contributed by atoms with Crippen LogP contribution in [-0.4, -0.2) is 16.4 Å². The monoisotopic (exact) mass is 449 g/mol. The Hall–Kier alpha value is -2.37. The predicted molar refractivity (Wildman–Crippen MR) is 86.0 cm³/mol. The van der Waals surface area contributed by atoms with E-state index in [9.17, 15) is 27.6 Å². The number of halogens is 4. The van der Waals surface area contributed by atoms with Crippen molar-refractivity contribution in [3.63, 3.8) is 0 Å². The Kier molecular flexibility index (Phi) is 3.66. The van der Waals surface area contributed by atoms with E-state index in [1.54, 1.807) is 22.6 Å². The highest BCUT2D eigenvalue weighted by molar-refractivity contribution is 14.1. The van der Waals surface area contributed by atoms with Crippen LogP contribution in [0.4, 0.5) is 19.0 Å². The highest BCUT2D eigenvalue weighted by Crippen LogP contribution is 2.32. The molecule has 124 valence electrons. The summed E-state index contributed by atoms with van der Waals surface area (Å²) in [7, 11) is 0. The van der Waals surface area contributed by atoms with E-state index in [2.05, 4.69) is 0 Å². The van der Waals surface area contributed by atoms with Gasteiger partial charge in [-0.25, -0.2) is 0 Å². The van der Waals surface area contributed by atoms with Crippen LogP contribution in [0.2, 0.25) is 0 Å². The third-order valence-electron chi connectivity index (χ3n) is 3.42. The molecule has 6 nitrogen and oxygen atoms in total. The molecule has 0 saturated heterocycles. The summed E-state index contributed by atoms with van der Waals surface area (Å²) in [6.45, 7) is 0. The first-order valence-electron chi connectivity index (χ1n) is 6.39. The Morgan fingerprint density at radius 1 is 1.04 bits per heavy atom.